The summed E-state index contributed by atoms with van der Waals surface area (Å²) in [5.74, 6) is 0.833. The molecule has 0 unspecified atom stereocenters. The zero-order valence-corrected chi connectivity index (χ0v) is 17.8. The lowest BCUT2D eigenvalue weighted by molar-refractivity contribution is 0.0971. The molecule has 2 atom stereocenters. The van der Waals surface area contributed by atoms with Crippen molar-refractivity contribution in [3.8, 4) is 0 Å². The molecule has 0 bridgehead atoms. The van der Waals surface area contributed by atoms with Crippen molar-refractivity contribution in [2.24, 2.45) is 0 Å². The second-order valence-electron chi connectivity index (χ2n) is 8.36. The quantitative estimate of drug-likeness (QED) is 0.702. The number of carbonyl (C=O) groups is 1. The minimum absolute atomic E-state index is 0. The van der Waals surface area contributed by atoms with E-state index >= 15 is 0 Å². The van der Waals surface area contributed by atoms with Crippen molar-refractivity contribution in [1.82, 2.24) is 9.88 Å². The van der Waals surface area contributed by atoms with E-state index in [0.29, 0.717) is 18.4 Å². The van der Waals surface area contributed by atoms with E-state index in [-0.39, 0.29) is 18.2 Å². The van der Waals surface area contributed by atoms with E-state index in [1.54, 1.807) is 12.4 Å². The first kappa shape index (κ1) is 20.2. The van der Waals surface area contributed by atoms with Crippen LogP contribution in [0.25, 0.3) is 0 Å². The number of carbonyl (C=O) groups excluding carboxylic acids is 1. The fourth-order valence-electron chi connectivity index (χ4n) is 5.32. The molecular weight excluding hydrogens is 384 g/mol. The first-order valence-corrected chi connectivity index (χ1v) is 10.5. The predicted molar refractivity (Wildman–Crippen MR) is 120 cm³/mol. The molecular formula is C23H29ClN4O. The molecule has 0 aliphatic carbocycles. The van der Waals surface area contributed by atoms with Gasteiger partial charge in [0, 0.05) is 69.6 Å². The van der Waals surface area contributed by atoms with E-state index in [0.717, 1.165) is 44.7 Å². The van der Waals surface area contributed by atoms with E-state index in [2.05, 4.69) is 44.9 Å². The van der Waals surface area contributed by atoms with E-state index in [4.69, 9.17) is 0 Å². The molecule has 0 saturated carbocycles. The second-order valence-corrected chi connectivity index (χ2v) is 8.36. The third-order valence-corrected chi connectivity index (χ3v) is 6.76. The molecule has 1 saturated heterocycles. The van der Waals surface area contributed by atoms with Gasteiger partial charge >= 0.3 is 0 Å². The maximum atomic E-state index is 12.3. The molecule has 2 aromatic rings. The lowest BCUT2D eigenvalue weighted by Gasteiger charge is -2.41. The number of likely N-dealkylation sites (tertiary alicyclic amines) is 1. The monoisotopic (exact) mass is 412 g/mol. The van der Waals surface area contributed by atoms with Crippen molar-refractivity contribution in [3.05, 3.63) is 53.9 Å². The molecule has 6 heteroatoms. The Morgan fingerprint density at radius 3 is 2.79 bits per heavy atom. The van der Waals surface area contributed by atoms with Gasteiger partial charge in [-0.25, -0.2) is 0 Å². The van der Waals surface area contributed by atoms with Crippen LogP contribution in [0.15, 0.2) is 42.7 Å². The molecule has 0 radical (unpaired) electrons. The van der Waals surface area contributed by atoms with Crippen molar-refractivity contribution in [3.63, 3.8) is 0 Å². The van der Waals surface area contributed by atoms with Crippen LogP contribution in [0.1, 0.15) is 41.1 Å². The smallest absolute Gasteiger partial charge is 0.163 e. The first-order chi connectivity index (χ1) is 13.7. The molecule has 1 fully saturated rings. The van der Waals surface area contributed by atoms with Gasteiger partial charge in [-0.2, -0.15) is 0 Å². The molecule has 0 amide bonds. The van der Waals surface area contributed by atoms with Gasteiger partial charge in [-0.3, -0.25) is 9.78 Å². The highest BCUT2D eigenvalue weighted by Gasteiger charge is 2.44. The molecule has 5 nitrogen and oxygen atoms in total. The third kappa shape index (κ3) is 3.62. The normalized spacial score (nSPS) is 22.7. The second kappa shape index (κ2) is 8.33. The fourth-order valence-corrected chi connectivity index (χ4v) is 5.32. The van der Waals surface area contributed by atoms with E-state index in [9.17, 15) is 4.79 Å². The number of hydrogen-bond acceptors (Lipinski definition) is 5. The van der Waals surface area contributed by atoms with Crippen LogP contribution in [0.2, 0.25) is 0 Å². The number of ketones is 1. The Hall–Kier alpha value is -2.11. The van der Waals surface area contributed by atoms with Crippen LogP contribution in [-0.2, 0) is 0 Å². The number of pyridine rings is 1. The number of likely N-dealkylation sites (N-methyl/N-ethyl adjacent to an activating group) is 1. The molecule has 29 heavy (non-hydrogen) atoms. The molecule has 1 aromatic carbocycles. The molecule has 0 spiro atoms. The van der Waals surface area contributed by atoms with Crippen LogP contribution in [0.5, 0.6) is 0 Å². The summed E-state index contributed by atoms with van der Waals surface area (Å²) in [6.07, 6.45) is 6.16. The van der Waals surface area contributed by atoms with E-state index in [1.807, 2.05) is 12.1 Å². The van der Waals surface area contributed by atoms with Crippen molar-refractivity contribution < 1.29 is 4.79 Å². The summed E-state index contributed by atoms with van der Waals surface area (Å²) in [7, 11) is 2.21. The number of aromatic nitrogens is 1. The number of piperidine rings is 1. The largest absolute Gasteiger partial charge is 0.371 e. The Kier molecular flexibility index (Phi) is 5.79. The fraction of sp³-hybridized carbons (Fsp3) is 0.478. The SMILES string of the molecule is CN1CCN2c3c(cccc31)[C@@H]1CN(CCCC(=O)c3ccncc3)CC[C@@H]12.Cl. The number of para-hydroxylation sites is 1. The molecule has 3 aliphatic heterocycles. The van der Waals surface area contributed by atoms with Crippen molar-refractivity contribution in [2.45, 2.75) is 31.2 Å². The van der Waals surface area contributed by atoms with Crippen LogP contribution in [0.4, 0.5) is 11.4 Å². The molecule has 5 rings (SSSR count). The number of nitrogens with zero attached hydrogens (tertiary/aromatic N) is 4. The van der Waals surface area contributed by atoms with Gasteiger partial charge in [-0.05, 0) is 43.1 Å². The van der Waals surface area contributed by atoms with Crippen LogP contribution < -0.4 is 9.80 Å². The van der Waals surface area contributed by atoms with Gasteiger partial charge in [-0.1, -0.05) is 12.1 Å². The van der Waals surface area contributed by atoms with E-state index in [1.165, 1.54) is 23.4 Å². The van der Waals surface area contributed by atoms with Crippen LogP contribution in [-0.4, -0.2) is 61.5 Å². The summed E-state index contributed by atoms with van der Waals surface area (Å²) >= 11 is 0. The molecule has 1 aromatic heterocycles. The van der Waals surface area contributed by atoms with Gasteiger partial charge in [0.2, 0.25) is 0 Å². The number of halogens is 1. The summed E-state index contributed by atoms with van der Waals surface area (Å²) < 4.78 is 0. The molecule has 3 aliphatic rings. The zero-order valence-electron chi connectivity index (χ0n) is 17.0. The van der Waals surface area contributed by atoms with Gasteiger partial charge < -0.3 is 14.7 Å². The lowest BCUT2D eigenvalue weighted by atomic mass is 9.89. The van der Waals surface area contributed by atoms with Crippen molar-refractivity contribution in [1.29, 1.82) is 0 Å². The maximum absolute atomic E-state index is 12.3. The van der Waals surface area contributed by atoms with Gasteiger partial charge in [-0.15, -0.1) is 12.4 Å². The summed E-state index contributed by atoms with van der Waals surface area (Å²) in [5, 5.41) is 0. The first-order valence-electron chi connectivity index (χ1n) is 10.5. The summed E-state index contributed by atoms with van der Waals surface area (Å²) in [5.41, 5.74) is 5.20. The minimum Gasteiger partial charge on any atom is -0.371 e. The number of Topliss-reactive ketones (excluding diaryl/α,β-unsaturated/α-hetero) is 1. The number of benzene rings is 1. The van der Waals surface area contributed by atoms with Crippen LogP contribution >= 0.6 is 12.4 Å². The minimum atomic E-state index is 0. The molecule has 0 N–H and O–H groups in total. The third-order valence-electron chi connectivity index (χ3n) is 6.76. The average molecular weight is 413 g/mol. The number of hydrogen-bond donors (Lipinski definition) is 0. The Labute approximate surface area is 179 Å². The standard InChI is InChI=1S/C23H28N4O.ClH/c1-25-14-15-27-20-9-13-26(12-3-6-22(28)17-7-10-24-11-8-17)16-19(20)18-4-2-5-21(25)23(18)27;/h2,4-5,7-8,10-11,19-20H,3,6,9,12-16H2,1H3;1H/t19-,20-;/m0./s1. The van der Waals surface area contributed by atoms with Gasteiger partial charge in [0.15, 0.2) is 5.78 Å². The highest BCUT2D eigenvalue weighted by Crippen LogP contribution is 2.50. The summed E-state index contributed by atoms with van der Waals surface area (Å²) in [6, 6.07) is 11.1. The topological polar surface area (TPSA) is 39.7 Å². The Balaban J connectivity index is 0.00000205. The molecule has 4 heterocycles. The Morgan fingerprint density at radius 2 is 1.97 bits per heavy atom. The van der Waals surface area contributed by atoms with Crippen LogP contribution in [0.3, 0.4) is 0 Å². The average Bonchev–Trinajstić information content (AvgIpc) is 3.06. The van der Waals surface area contributed by atoms with Gasteiger partial charge in [0.05, 0.1) is 11.4 Å². The Morgan fingerprint density at radius 1 is 1.14 bits per heavy atom. The Bertz CT molecular complexity index is 874. The zero-order chi connectivity index (χ0) is 19.1. The molecule has 154 valence electrons. The van der Waals surface area contributed by atoms with Crippen molar-refractivity contribution in [2.75, 3.05) is 49.6 Å². The number of fused-ring (bicyclic) bond motifs is 3. The number of anilines is 2. The lowest BCUT2D eigenvalue weighted by Crippen LogP contribution is -2.49. The summed E-state index contributed by atoms with van der Waals surface area (Å²) in [6.45, 7) is 5.52. The highest BCUT2D eigenvalue weighted by molar-refractivity contribution is 5.95. The predicted octanol–water partition coefficient (Wildman–Crippen LogP) is 3.59. The van der Waals surface area contributed by atoms with Crippen LogP contribution in [0, 0.1) is 0 Å². The van der Waals surface area contributed by atoms with Gasteiger partial charge in [0.1, 0.15) is 0 Å². The number of rotatable bonds is 5. The maximum Gasteiger partial charge on any atom is 0.163 e. The van der Waals surface area contributed by atoms with Crippen molar-refractivity contribution >= 4 is 29.6 Å². The summed E-state index contributed by atoms with van der Waals surface area (Å²) in [4.78, 5) is 24.0. The van der Waals surface area contributed by atoms with Gasteiger partial charge in [0.25, 0.3) is 0 Å². The highest BCUT2D eigenvalue weighted by atomic mass is 35.5. The van der Waals surface area contributed by atoms with E-state index < -0.39 is 0 Å².